The van der Waals surface area contributed by atoms with E-state index in [1.54, 1.807) is 36.3 Å². The third-order valence-electron chi connectivity index (χ3n) is 3.48. The number of hydrogen-bond acceptors (Lipinski definition) is 5. The Morgan fingerprint density at radius 3 is 2.92 bits per heavy atom. The molecule has 0 aliphatic rings. The quantitative estimate of drug-likeness (QED) is 0.711. The molecular weight excluding hydrogens is 322 g/mol. The van der Waals surface area contributed by atoms with Crippen molar-refractivity contribution in [3.8, 4) is 0 Å². The van der Waals surface area contributed by atoms with Gasteiger partial charge in [0.25, 0.3) is 5.91 Å². The van der Waals surface area contributed by atoms with Crippen molar-refractivity contribution < 1.29 is 14.0 Å². The van der Waals surface area contributed by atoms with Crippen LogP contribution in [0.15, 0.2) is 59.8 Å². The van der Waals surface area contributed by atoms with E-state index in [0.29, 0.717) is 17.9 Å². The number of aromatic nitrogens is 3. The Balaban J connectivity index is 1.55. The van der Waals surface area contributed by atoms with Crippen LogP contribution in [0, 0.1) is 0 Å². The van der Waals surface area contributed by atoms with E-state index in [9.17, 15) is 9.59 Å². The van der Waals surface area contributed by atoms with E-state index in [2.05, 4.69) is 20.7 Å². The molecule has 2 amide bonds. The Morgan fingerprint density at radius 2 is 2.20 bits per heavy atom. The lowest BCUT2D eigenvalue weighted by atomic mass is 10.2. The molecule has 0 bridgehead atoms. The SMILES string of the molecule is CC(NC(=O)c1ccoc1)C(=O)Nc1ccn(Cc2cccnc2)n1. The van der Waals surface area contributed by atoms with Crippen LogP contribution in [-0.4, -0.2) is 32.6 Å². The summed E-state index contributed by atoms with van der Waals surface area (Å²) in [6.45, 7) is 2.15. The highest BCUT2D eigenvalue weighted by Crippen LogP contribution is 2.07. The summed E-state index contributed by atoms with van der Waals surface area (Å²) in [5, 5.41) is 9.56. The van der Waals surface area contributed by atoms with E-state index in [0.717, 1.165) is 5.56 Å². The molecule has 3 aromatic rings. The van der Waals surface area contributed by atoms with Crippen molar-refractivity contribution in [2.75, 3.05) is 5.32 Å². The van der Waals surface area contributed by atoms with Crippen LogP contribution in [0.1, 0.15) is 22.8 Å². The minimum atomic E-state index is -0.717. The summed E-state index contributed by atoms with van der Waals surface area (Å²) in [7, 11) is 0. The van der Waals surface area contributed by atoms with Gasteiger partial charge in [-0.15, -0.1) is 0 Å². The van der Waals surface area contributed by atoms with Crippen LogP contribution < -0.4 is 10.6 Å². The lowest BCUT2D eigenvalue weighted by Crippen LogP contribution is -2.41. The highest BCUT2D eigenvalue weighted by Gasteiger charge is 2.18. The number of carbonyl (C=O) groups excluding carboxylic acids is 2. The second-order valence-corrected chi connectivity index (χ2v) is 5.46. The van der Waals surface area contributed by atoms with Crippen molar-refractivity contribution in [3.63, 3.8) is 0 Å². The molecule has 0 fully saturated rings. The second kappa shape index (κ2) is 7.43. The number of hydrogen-bond donors (Lipinski definition) is 2. The molecule has 25 heavy (non-hydrogen) atoms. The summed E-state index contributed by atoms with van der Waals surface area (Å²) in [6, 6.07) is 6.30. The number of amides is 2. The maximum absolute atomic E-state index is 12.2. The van der Waals surface area contributed by atoms with Crippen LogP contribution in [0.25, 0.3) is 0 Å². The standard InChI is InChI=1S/C17H17N5O3/c1-12(19-17(24)14-5-8-25-11-14)16(23)20-15-4-7-22(21-15)10-13-3-2-6-18-9-13/h2-9,11-12H,10H2,1H3,(H,19,24)(H,20,21,23). The molecular formula is C17H17N5O3. The van der Waals surface area contributed by atoms with Gasteiger partial charge in [0.05, 0.1) is 18.4 Å². The van der Waals surface area contributed by atoms with Gasteiger partial charge in [0.1, 0.15) is 12.3 Å². The largest absolute Gasteiger partial charge is 0.472 e. The van der Waals surface area contributed by atoms with Crippen molar-refractivity contribution in [2.24, 2.45) is 0 Å². The fourth-order valence-electron chi connectivity index (χ4n) is 2.17. The van der Waals surface area contributed by atoms with E-state index >= 15 is 0 Å². The summed E-state index contributed by atoms with van der Waals surface area (Å²) in [5.74, 6) is -0.319. The number of carbonyl (C=O) groups is 2. The third-order valence-corrected chi connectivity index (χ3v) is 3.48. The molecule has 1 unspecified atom stereocenters. The van der Waals surface area contributed by atoms with Crippen molar-refractivity contribution in [1.82, 2.24) is 20.1 Å². The van der Waals surface area contributed by atoms with E-state index in [1.807, 2.05) is 12.1 Å². The number of nitrogens with zero attached hydrogens (tertiary/aromatic N) is 3. The Morgan fingerprint density at radius 1 is 1.32 bits per heavy atom. The van der Waals surface area contributed by atoms with E-state index in [-0.39, 0.29) is 11.8 Å². The van der Waals surface area contributed by atoms with Gasteiger partial charge >= 0.3 is 0 Å². The van der Waals surface area contributed by atoms with Gasteiger partial charge in [-0.3, -0.25) is 19.3 Å². The van der Waals surface area contributed by atoms with Crippen molar-refractivity contribution in [3.05, 3.63) is 66.5 Å². The first-order chi connectivity index (χ1) is 12.1. The maximum Gasteiger partial charge on any atom is 0.255 e. The molecule has 128 valence electrons. The number of nitrogens with one attached hydrogen (secondary N) is 2. The van der Waals surface area contributed by atoms with Crippen molar-refractivity contribution in [2.45, 2.75) is 19.5 Å². The zero-order valence-electron chi connectivity index (χ0n) is 13.5. The van der Waals surface area contributed by atoms with Gasteiger partial charge in [-0.1, -0.05) is 6.07 Å². The molecule has 3 rings (SSSR count). The summed E-state index contributed by atoms with van der Waals surface area (Å²) < 4.78 is 6.54. The first kappa shape index (κ1) is 16.4. The van der Waals surface area contributed by atoms with Crippen LogP contribution in [-0.2, 0) is 11.3 Å². The number of furan rings is 1. The first-order valence-electron chi connectivity index (χ1n) is 7.68. The first-order valence-corrected chi connectivity index (χ1v) is 7.68. The normalized spacial score (nSPS) is 11.7. The average Bonchev–Trinajstić information content (AvgIpc) is 3.28. The fraction of sp³-hybridized carbons (Fsp3) is 0.176. The molecule has 0 radical (unpaired) electrons. The molecule has 2 N–H and O–H groups in total. The van der Waals surface area contributed by atoms with Crippen molar-refractivity contribution in [1.29, 1.82) is 0 Å². The predicted molar refractivity (Wildman–Crippen MR) is 89.8 cm³/mol. The Labute approximate surface area is 143 Å². The van der Waals surface area contributed by atoms with Gasteiger partial charge in [0, 0.05) is 24.7 Å². The average molecular weight is 339 g/mol. The molecule has 0 aromatic carbocycles. The molecule has 0 saturated carbocycles. The monoisotopic (exact) mass is 339 g/mol. The molecule has 3 heterocycles. The molecule has 0 aliphatic heterocycles. The molecule has 8 heteroatoms. The molecule has 8 nitrogen and oxygen atoms in total. The van der Waals surface area contributed by atoms with Crippen LogP contribution in [0.5, 0.6) is 0 Å². The second-order valence-electron chi connectivity index (χ2n) is 5.46. The molecule has 0 saturated heterocycles. The summed E-state index contributed by atoms with van der Waals surface area (Å²) in [6.07, 6.45) is 7.94. The zero-order chi connectivity index (χ0) is 17.6. The highest BCUT2D eigenvalue weighted by molar-refractivity contribution is 6.00. The van der Waals surface area contributed by atoms with Crippen LogP contribution in [0.2, 0.25) is 0 Å². The minimum absolute atomic E-state index is 0.358. The Kier molecular flexibility index (Phi) is 4.89. The van der Waals surface area contributed by atoms with Gasteiger partial charge in [0.15, 0.2) is 5.82 Å². The van der Waals surface area contributed by atoms with Crippen molar-refractivity contribution >= 4 is 17.6 Å². The summed E-state index contributed by atoms with van der Waals surface area (Å²) in [5.41, 5.74) is 1.37. The lowest BCUT2D eigenvalue weighted by molar-refractivity contribution is -0.117. The molecule has 3 aromatic heterocycles. The van der Waals surface area contributed by atoms with Gasteiger partial charge in [-0.2, -0.15) is 5.10 Å². The number of pyridine rings is 1. The van der Waals surface area contributed by atoms with Gasteiger partial charge < -0.3 is 15.1 Å². The van der Waals surface area contributed by atoms with Gasteiger partial charge in [-0.05, 0) is 24.6 Å². The van der Waals surface area contributed by atoms with Crippen LogP contribution in [0.3, 0.4) is 0 Å². The number of rotatable bonds is 6. The van der Waals surface area contributed by atoms with Gasteiger partial charge in [-0.25, -0.2) is 0 Å². The smallest absolute Gasteiger partial charge is 0.255 e. The summed E-state index contributed by atoms with van der Waals surface area (Å²) >= 11 is 0. The Hall–Kier alpha value is -3.42. The predicted octanol–water partition coefficient (Wildman–Crippen LogP) is 1.68. The fourth-order valence-corrected chi connectivity index (χ4v) is 2.17. The Bertz CT molecular complexity index is 842. The highest BCUT2D eigenvalue weighted by atomic mass is 16.3. The summed E-state index contributed by atoms with van der Waals surface area (Å²) in [4.78, 5) is 28.1. The van der Waals surface area contributed by atoms with E-state index in [4.69, 9.17) is 4.42 Å². The van der Waals surface area contributed by atoms with Crippen LogP contribution >= 0.6 is 0 Å². The van der Waals surface area contributed by atoms with Crippen LogP contribution in [0.4, 0.5) is 5.82 Å². The third kappa shape index (κ3) is 4.31. The minimum Gasteiger partial charge on any atom is -0.472 e. The zero-order valence-corrected chi connectivity index (χ0v) is 13.5. The van der Waals surface area contributed by atoms with Gasteiger partial charge in [0.2, 0.25) is 5.91 Å². The molecule has 0 aliphatic carbocycles. The maximum atomic E-state index is 12.2. The molecule has 0 spiro atoms. The lowest BCUT2D eigenvalue weighted by Gasteiger charge is -2.12. The number of anilines is 1. The van der Waals surface area contributed by atoms with E-state index in [1.165, 1.54) is 18.6 Å². The topological polar surface area (TPSA) is 102 Å². The van der Waals surface area contributed by atoms with E-state index < -0.39 is 6.04 Å². The molecule has 1 atom stereocenters.